The van der Waals surface area contributed by atoms with Crippen molar-refractivity contribution in [3.8, 4) is 0 Å². The predicted octanol–water partition coefficient (Wildman–Crippen LogP) is 1.56. The zero-order valence-corrected chi connectivity index (χ0v) is 11.0. The molecule has 0 saturated carbocycles. The van der Waals surface area contributed by atoms with E-state index in [1.165, 1.54) is 6.20 Å². The first-order valence-electron chi connectivity index (χ1n) is 6.33. The summed E-state index contributed by atoms with van der Waals surface area (Å²) >= 11 is 0. The first-order chi connectivity index (χ1) is 8.56. The average Bonchev–Trinajstić information content (AvgIpc) is 2.34. The molecule has 0 bridgehead atoms. The molecule has 1 aliphatic heterocycles. The molecule has 5 heteroatoms. The lowest BCUT2D eigenvalue weighted by molar-refractivity contribution is 0.0522. The van der Waals surface area contributed by atoms with E-state index in [4.69, 9.17) is 4.74 Å². The minimum absolute atomic E-state index is 0.0300. The molecular weight excluding hydrogens is 232 g/mol. The minimum atomic E-state index is -0.587. The van der Waals surface area contributed by atoms with Crippen LogP contribution in [0.2, 0.25) is 0 Å². The average molecular weight is 250 g/mol. The van der Waals surface area contributed by atoms with Crippen LogP contribution in [0.4, 0.5) is 0 Å². The van der Waals surface area contributed by atoms with Crippen LogP contribution >= 0.6 is 0 Å². The monoisotopic (exact) mass is 250 g/mol. The van der Waals surface area contributed by atoms with Crippen molar-refractivity contribution < 1.29 is 9.53 Å². The van der Waals surface area contributed by atoms with E-state index in [0.29, 0.717) is 12.5 Å². The van der Waals surface area contributed by atoms with Gasteiger partial charge in [-0.25, -0.2) is 9.78 Å². The number of carbonyl (C=O) groups is 1. The van der Waals surface area contributed by atoms with Gasteiger partial charge in [0.1, 0.15) is 11.4 Å². The molecule has 1 aromatic rings. The first kappa shape index (κ1) is 12.8. The van der Waals surface area contributed by atoms with E-state index in [1.807, 2.05) is 0 Å². The minimum Gasteiger partial charge on any atom is -0.462 e. The van der Waals surface area contributed by atoms with Gasteiger partial charge >= 0.3 is 5.97 Å². The van der Waals surface area contributed by atoms with Crippen LogP contribution in [0, 0.1) is 5.92 Å². The molecule has 2 rings (SSSR count). The third kappa shape index (κ3) is 2.05. The fourth-order valence-corrected chi connectivity index (χ4v) is 2.27. The largest absolute Gasteiger partial charge is 0.462 e. The van der Waals surface area contributed by atoms with Crippen LogP contribution in [0.5, 0.6) is 0 Å². The molecule has 2 atom stereocenters. The van der Waals surface area contributed by atoms with Crippen LogP contribution in [-0.2, 0) is 11.3 Å². The van der Waals surface area contributed by atoms with Crippen LogP contribution in [0.1, 0.15) is 49.3 Å². The molecular formula is C13H18N2O3. The van der Waals surface area contributed by atoms with Crippen LogP contribution in [-0.4, -0.2) is 22.1 Å². The van der Waals surface area contributed by atoms with Crippen molar-refractivity contribution in [2.45, 2.75) is 39.7 Å². The third-order valence-corrected chi connectivity index (χ3v) is 3.64. The molecule has 18 heavy (non-hydrogen) atoms. The van der Waals surface area contributed by atoms with Crippen molar-refractivity contribution in [3.63, 3.8) is 0 Å². The first-order valence-corrected chi connectivity index (χ1v) is 6.33. The highest BCUT2D eigenvalue weighted by Gasteiger charge is 2.27. The Kier molecular flexibility index (Phi) is 3.50. The van der Waals surface area contributed by atoms with Gasteiger partial charge in [-0.2, -0.15) is 0 Å². The predicted molar refractivity (Wildman–Crippen MR) is 66.6 cm³/mol. The standard InChI is InChI=1S/C13H18N2O3/c1-4-18-13(17)10-7-14-11-9(3)8(2)5-6-15(11)12(10)16/h7-9H,4-6H2,1-3H3/t8-,9-/m0/s1. The second-order valence-corrected chi connectivity index (χ2v) is 4.76. The summed E-state index contributed by atoms with van der Waals surface area (Å²) in [5.41, 5.74) is -0.250. The van der Waals surface area contributed by atoms with Crippen molar-refractivity contribution in [2.75, 3.05) is 6.61 Å². The maximum Gasteiger partial charge on any atom is 0.345 e. The van der Waals surface area contributed by atoms with Crippen LogP contribution in [0.25, 0.3) is 0 Å². The van der Waals surface area contributed by atoms with Gasteiger partial charge in [0.2, 0.25) is 0 Å². The Bertz CT molecular complexity index is 521. The van der Waals surface area contributed by atoms with E-state index < -0.39 is 5.97 Å². The van der Waals surface area contributed by atoms with Gasteiger partial charge < -0.3 is 4.74 Å². The topological polar surface area (TPSA) is 61.2 Å². The number of esters is 1. The molecule has 0 aliphatic carbocycles. The zero-order valence-electron chi connectivity index (χ0n) is 11.0. The van der Waals surface area contributed by atoms with E-state index >= 15 is 0 Å². The van der Waals surface area contributed by atoms with E-state index in [2.05, 4.69) is 18.8 Å². The molecule has 0 spiro atoms. The van der Waals surface area contributed by atoms with Crippen molar-refractivity contribution in [2.24, 2.45) is 5.92 Å². The van der Waals surface area contributed by atoms with Gasteiger partial charge in [0.25, 0.3) is 5.56 Å². The Morgan fingerprint density at radius 1 is 1.56 bits per heavy atom. The second-order valence-electron chi connectivity index (χ2n) is 4.76. The Hall–Kier alpha value is -1.65. The highest BCUT2D eigenvalue weighted by atomic mass is 16.5. The van der Waals surface area contributed by atoms with E-state index in [0.717, 1.165) is 12.2 Å². The van der Waals surface area contributed by atoms with Crippen molar-refractivity contribution >= 4 is 5.97 Å². The third-order valence-electron chi connectivity index (χ3n) is 3.64. The van der Waals surface area contributed by atoms with Crippen LogP contribution in [0.3, 0.4) is 0 Å². The van der Waals surface area contributed by atoms with Gasteiger partial charge in [0.15, 0.2) is 0 Å². The molecule has 1 aromatic heterocycles. The molecule has 2 heterocycles. The molecule has 0 amide bonds. The number of aromatic nitrogens is 2. The maximum atomic E-state index is 12.2. The van der Waals surface area contributed by atoms with Crippen molar-refractivity contribution in [1.82, 2.24) is 9.55 Å². The van der Waals surface area contributed by atoms with E-state index in [1.54, 1.807) is 11.5 Å². The van der Waals surface area contributed by atoms with Gasteiger partial charge in [-0.3, -0.25) is 9.36 Å². The Balaban J connectivity index is 2.46. The second kappa shape index (κ2) is 4.92. The van der Waals surface area contributed by atoms with Gasteiger partial charge in [0.05, 0.1) is 6.61 Å². The molecule has 98 valence electrons. The lowest BCUT2D eigenvalue weighted by atomic mass is 9.89. The van der Waals surface area contributed by atoms with Crippen molar-refractivity contribution in [1.29, 1.82) is 0 Å². The number of rotatable bonds is 2. The summed E-state index contributed by atoms with van der Waals surface area (Å²) in [5.74, 6) is 0.927. The van der Waals surface area contributed by atoms with Gasteiger partial charge in [-0.15, -0.1) is 0 Å². The molecule has 0 saturated heterocycles. The summed E-state index contributed by atoms with van der Waals surface area (Å²) in [6, 6.07) is 0. The van der Waals surface area contributed by atoms with Gasteiger partial charge in [0, 0.05) is 18.7 Å². The lowest BCUT2D eigenvalue weighted by Gasteiger charge is -2.28. The molecule has 0 N–H and O–H groups in total. The van der Waals surface area contributed by atoms with Crippen LogP contribution < -0.4 is 5.56 Å². The number of carbonyl (C=O) groups excluding carboxylic acids is 1. The summed E-state index contributed by atoms with van der Waals surface area (Å²) in [7, 11) is 0. The lowest BCUT2D eigenvalue weighted by Crippen LogP contribution is -2.36. The molecule has 0 unspecified atom stereocenters. The summed E-state index contributed by atoms with van der Waals surface area (Å²) in [5, 5.41) is 0. The summed E-state index contributed by atoms with van der Waals surface area (Å²) in [4.78, 5) is 28.1. The van der Waals surface area contributed by atoms with E-state index in [-0.39, 0.29) is 23.6 Å². The number of hydrogen-bond donors (Lipinski definition) is 0. The fourth-order valence-electron chi connectivity index (χ4n) is 2.27. The van der Waals surface area contributed by atoms with Crippen LogP contribution in [0.15, 0.2) is 11.0 Å². The smallest absolute Gasteiger partial charge is 0.345 e. The highest BCUT2D eigenvalue weighted by Crippen LogP contribution is 2.29. The molecule has 5 nitrogen and oxygen atoms in total. The quantitative estimate of drug-likeness (QED) is 0.747. The van der Waals surface area contributed by atoms with Gasteiger partial charge in [-0.1, -0.05) is 13.8 Å². The van der Waals surface area contributed by atoms with E-state index in [9.17, 15) is 9.59 Å². The molecule has 0 aromatic carbocycles. The summed E-state index contributed by atoms with van der Waals surface area (Å²) < 4.78 is 6.46. The Morgan fingerprint density at radius 2 is 2.28 bits per heavy atom. The Labute approximate surface area is 106 Å². The zero-order chi connectivity index (χ0) is 13.3. The number of nitrogens with zero attached hydrogens (tertiary/aromatic N) is 2. The maximum absolute atomic E-state index is 12.2. The molecule has 0 fully saturated rings. The fraction of sp³-hybridized carbons (Fsp3) is 0.615. The normalized spacial score (nSPS) is 22.4. The number of hydrogen-bond acceptors (Lipinski definition) is 4. The summed E-state index contributed by atoms with van der Waals surface area (Å²) in [6.45, 7) is 6.81. The van der Waals surface area contributed by atoms with Crippen molar-refractivity contribution in [3.05, 3.63) is 27.9 Å². The number of fused-ring (bicyclic) bond motifs is 1. The highest BCUT2D eigenvalue weighted by molar-refractivity contribution is 5.88. The molecule has 0 radical (unpaired) electrons. The number of ether oxygens (including phenoxy) is 1. The Morgan fingerprint density at radius 3 is 2.94 bits per heavy atom. The SMILES string of the molecule is CCOC(=O)c1cnc2n(c1=O)CC[C@H](C)[C@@H]2C. The van der Waals surface area contributed by atoms with Gasteiger partial charge in [-0.05, 0) is 19.3 Å². The summed E-state index contributed by atoms with van der Waals surface area (Å²) in [6.07, 6.45) is 2.28. The molecule has 1 aliphatic rings.